The summed E-state index contributed by atoms with van der Waals surface area (Å²) in [6, 6.07) is 5.89. The number of hydrogen-bond donors (Lipinski definition) is 1. The second kappa shape index (κ2) is 4.23. The fraction of sp³-hybridized carbons (Fsp3) is 0.182. The van der Waals surface area contributed by atoms with Crippen LogP contribution in [-0.2, 0) is 0 Å². The van der Waals surface area contributed by atoms with Crippen LogP contribution in [0.4, 0.5) is 4.39 Å². The van der Waals surface area contributed by atoms with Gasteiger partial charge in [0.25, 0.3) is 0 Å². The lowest BCUT2D eigenvalue weighted by molar-refractivity contribution is 0.249. The van der Waals surface area contributed by atoms with E-state index in [4.69, 9.17) is 0 Å². The number of nitrogens with zero attached hydrogens (tertiary/aromatic N) is 2. The molecule has 1 unspecified atom stereocenters. The molecule has 1 atom stereocenters. The molecule has 15 heavy (non-hydrogen) atoms. The van der Waals surface area contributed by atoms with Gasteiger partial charge in [-0.2, -0.15) is 0 Å². The molecule has 1 aromatic carbocycles. The normalized spacial score (nSPS) is 12.7. The van der Waals surface area contributed by atoms with E-state index >= 15 is 0 Å². The lowest BCUT2D eigenvalue weighted by Gasteiger charge is -2.15. The minimum absolute atomic E-state index is 0.0397. The van der Waals surface area contributed by atoms with Crippen LogP contribution in [0, 0.1) is 5.82 Å². The predicted molar refractivity (Wildman–Crippen MR) is 53.9 cm³/mol. The molecule has 4 heteroatoms. The minimum Gasteiger partial charge on any atom is -0.394 e. The number of aliphatic hydroxyl groups excluding tert-OH is 1. The van der Waals surface area contributed by atoms with E-state index in [-0.39, 0.29) is 18.5 Å². The average Bonchev–Trinajstić information content (AvgIpc) is 2.75. The van der Waals surface area contributed by atoms with Gasteiger partial charge in [-0.3, -0.25) is 0 Å². The Balaban J connectivity index is 2.31. The first-order valence-electron chi connectivity index (χ1n) is 4.65. The Morgan fingerprint density at radius 2 is 2.07 bits per heavy atom. The van der Waals surface area contributed by atoms with Gasteiger partial charge in [-0.25, -0.2) is 9.37 Å². The smallest absolute Gasteiger partial charge is 0.123 e. The molecule has 2 aromatic rings. The maximum Gasteiger partial charge on any atom is 0.123 e. The van der Waals surface area contributed by atoms with E-state index in [1.807, 2.05) is 0 Å². The van der Waals surface area contributed by atoms with E-state index in [2.05, 4.69) is 4.98 Å². The number of benzene rings is 1. The van der Waals surface area contributed by atoms with Crippen LogP contribution in [0.15, 0.2) is 43.0 Å². The van der Waals surface area contributed by atoms with Gasteiger partial charge in [-0.05, 0) is 17.7 Å². The van der Waals surface area contributed by atoms with Crippen molar-refractivity contribution in [2.45, 2.75) is 6.04 Å². The Morgan fingerprint density at radius 1 is 1.33 bits per heavy atom. The van der Waals surface area contributed by atoms with E-state index in [0.717, 1.165) is 5.56 Å². The zero-order chi connectivity index (χ0) is 10.7. The number of imidazole rings is 1. The Hall–Kier alpha value is -1.68. The quantitative estimate of drug-likeness (QED) is 0.828. The van der Waals surface area contributed by atoms with Gasteiger partial charge in [0.05, 0.1) is 19.0 Å². The summed E-state index contributed by atoms with van der Waals surface area (Å²) in [7, 11) is 0. The molecule has 0 saturated heterocycles. The van der Waals surface area contributed by atoms with Crippen molar-refractivity contribution in [3.8, 4) is 0 Å². The average molecular weight is 206 g/mol. The van der Waals surface area contributed by atoms with E-state index in [1.165, 1.54) is 12.1 Å². The molecular formula is C11H11FN2O. The first-order valence-corrected chi connectivity index (χ1v) is 4.65. The van der Waals surface area contributed by atoms with E-state index in [1.54, 1.807) is 35.4 Å². The fourth-order valence-electron chi connectivity index (χ4n) is 1.51. The van der Waals surface area contributed by atoms with Crippen LogP contribution in [0.25, 0.3) is 0 Å². The van der Waals surface area contributed by atoms with Gasteiger partial charge in [0.15, 0.2) is 0 Å². The topological polar surface area (TPSA) is 38.0 Å². The van der Waals surface area contributed by atoms with Gasteiger partial charge in [0.1, 0.15) is 5.82 Å². The highest BCUT2D eigenvalue weighted by molar-refractivity contribution is 5.20. The lowest BCUT2D eigenvalue weighted by atomic mass is 10.1. The first kappa shape index (κ1) is 9.86. The lowest BCUT2D eigenvalue weighted by Crippen LogP contribution is -2.12. The second-order valence-electron chi connectivity index (χ2n) is 3.26. The number of halogens is 1. The summed E-state index contributed by atoms with van der Waals surface area (Å²) in [6.07, 6.45) is 5.04. The van der Waals surface area contributed by atoms with Crippen molar-refractivity contribution in [2.75, 3.05) is 6.61 Å². The maximum atomic E-state index is 12.7. The Kier molecular flexibility index (Phi) is 2.78. The summed E-state index contributed by atoms with van der Waals surface area (Å²) >= 11 is 0. The van der Waals surface area contributed by atoms with Gasteiger partial charge in [0.2, 0.25) is 0 Å². The summed E-state index contributed by atoms with van der Waals surface area (Å²) in [5.74, 6) is -0.277. The molecule has 3 nitrogen and oxygen atoms in total. The van der Waals surface area contributed by atoms with Crippen molar-refractivity contribution < 1.29 is 9.50 Å². The molecule has 0 saturated carbocycles. The van der Waals surface area contributed by atoms with Crippen LogP contribution < -0.4 is 0 Å². The SMILES string of the molecule is OCC(c1ccc(F)cc1)n1ccnc1. The molecule has 0 radical (unpaired) electrons. The Morgan fingerprint density at radius 3 is 2.60 bits per heavy atom. The summed E-state index contributed by atoms with van der Waals surface area (Å²) < 4.78 is 14.5. The van der Waals surface area contributed by atoms with E-state index < -0.39 is 0 Å². The molecule has 0 aliphatic carbocycles. The summed E-state index contributed by atoms with van der Waals surface area (Å²) in [4.78, 5) is 3.91. The molecule has 2 rings (SSSR count). The largest absolute Gasteiger partial charge is 0.394 e. The highest BCUT2D eigenvalue weighted by Gasteiger charge is 2.11. The van der Waals surface area contributed by atoms with Gasteiger partial charge < -0.3 is 9.67 Å². The molecule has 0 aliphatic heterocycles. The highest BCUT2D eigenvalue weighted by atomic mass is 19.1. The zero-order valence-corrected chi connectivity index (χ0v) is 8.05. The molecule has 1 heterocycles. The van der Waals surface area contributed by atoms with Crippen LogP contribution in [-0.4, -0.2) is 21.3 Å². The van der Waals surface area contributed by atoms with Crippen molar-refractivity contribution in [3.05, 3.63) is 54.4 Å². The van der Waals surface area contributed by atoms with Crippen molar-refractivity contribution >= 4 is 0 Å². The van der Waals surface area contributed by atoms with E-state index in [0.29, 0.717) is 0 Å². The first-order chi connectivity index (χ1) is 7.31. The summed E-state index contributed by atoms with van der Waals surface area (Å²) in [5, 5.41) is 9.28. The fourth-order valence-corrected chi connectivity index (χ4v) is 1.51. The van der Waals surface area contributed by atoms with Gasteiger partial charge in [-0.15, -0.1) is 0 Å². The third-order valence-corrected chi connectivity index (χ3v) is 2.31. The number of aromatic nitrogens is 2. The molecule has 1 N–H and O–H groups in total. The molecule has 0 bridgehead atoms. The number of aliphatic hydroxyl groups is 1. The number of hydrogen-bond acceptors (Lipinski definition) is 2. The molecular weight excluding hydrogens is 195 g/mol. The van der Waals surface area contributed by atoms with Gasteiger partial charge in [0, 0.05) is 12.4 Å². The molecule has 0 aliphatic rings. The number of rotatable bonds is 3. The minimum atomic E-state index is -0.277. The van der Waals surface area contributed by atoms with Gasteiger partial charge in [-0.1, -0.05) is 12.1 Å². The maximum absolute atomic E-state index is 12.7. The Bertz CT molecular complexity index is 411. The van der Waals surface area contributed by atoms with Crippen LogP contribution in [0.2, 0.25) is 0 Å². The molecule has 0 amide bonds. The molecule has 78 valence electrons. The predicted octanol–water partition coefficient (Wildman–Crippen LogP) is 1.60. The molecule has 0 spiro atoms. The third-order valence-electron chi connectivity index (χ3n) is 2.31. The van der Waals surface area contributed by atoms with Crippen molar-refractivity contribution in [2.24, 2.45) is 0 Å². The van der Waals surface area contributed by atoms with Gasteiger partial charge >= 0.3 is 0 Å². The van der Waals surface area contributed by atoms with E-state index in [9.17, 15) is 9.50 Å². The van der Waals surface area contributed by atoms with Crippen molar-refractivity contribution in [1.82, 2.24) is 9.55 Å². The standard InChI is InChI=1S/C11H11FN2O/c12-10-3-1-9(2-4-10)11(7-15)14-6-5-13-8-14/h1-6,8,11,15H,7H2. The summed E-state index contributed by atoms with van der Waals surface area (Å²) in [5.41, 5.74) is 0.858. The van der Waals surface area contributed by atoms with Crippen molar-refractivity contribution in [3.63, 3.8) is 0 Å². The highest BCUT2D eigenvalue weighted by Crippen LogP contribution is 2.17. The third kappa shape index (κ3) is 2.05. The van der Waals surface area contributed by atoms with Crippen LogP contribution in [0.3, 0.4) is 0 Å². The van der Waals surface area contributed by atoms with Crippen molar-refractivity contribution in [1.29, 1.82) is 0 Å². The van der Waals surface area contributed by atoms with Crippen LogP contribution in [0.5, 0.6) is 0 Å². The molecule has 1 aromatic heterocycles. The zero-order valence-electron chi connectivity index (χ0n) is 8.05. The second-order valence-corrected chi connectivity index (χ2v) is 3.26. The van der Waals surface area contributed by atoms with Crippen LogP contribution in [0.1, 0.15) is 11.6 Å². The molecule has 0 fully saturated rings. The monoisotopic (exact) mass is 206 g/mol. The Labute approximate surface area is 86.8 Å². The van der Waals surface area contributed by atoms with Crippen LogP contribution >= 0.6 is 0 Å². The summed E-state index contributed by atoms with van der Waals surface area (Å²) in [6.45, 7) is -0.0397.